The van der Waals surface area contributed by atoms with Gasteiger partial charge >= 0.3 is 0 Å². The van der Waals surface area contributed by atoms with Crippen LogP contribution in [-0.2, 0) is 18.0 Å². The van der Waals surface area contributed by atoms with Crippen LogP contribution in [0.3, 0.4) is 0 Å². The van der Waals surface area contributed by atoms with Gasteiger partial charge < -0.3 is 15.0 Å². The molecule has 1 atom stereocenters. The molecule has 3 rings (SSSR count). The number of ether oxygens (including phenoxy) is 1. The van der Waals surface area contributed by atoms with Crippen LogP contribution in [0.25, 0.3) is 0 Å². The molecule has 1 aromatic heterocycles. The molecule has 0 spiro atoms. The zero-order valence-corrected chi connectivity index (χ0v) is 11.2. The Morgan fingerprint density at radius 2 is 2.17 bits per heavy atom. The van der Waals surface area contributed by atoms with Crippen LogP contribution in [0, 0.1) is 0 Å². The fraction of sp³-hybridized carbons (Fsp3) is 0.667. The van der Waals surface area contributed by atoms with Crippen molar-refractivity contribution >= 4 is 17.4 Å². The second-order valence-corrected chi connectivity index (χ2v) is 5.39. The van der Waals surface area contributed by atoms with Crippen LogP contribution in [0.1, 0.15) is 24.0 Å². The fourth-order valence-corrected chi connectivity index (χ4v) is 2.84. The molecule has 1 N–H and O–H groups in total. The molecule has 98 valence electrons. The van der Waals surface area contributed by atoms with Gasteiger partial charge in [0.05, 0.1) is 13.2 Å². The highest BCUT2D eigenvalue weighted by Crippen LogP contribution is 2.30. The standard InChI is InChI=1S/C12H17ClN4O/c1-17-4-2-3-8(5-17)14-12-10-7-18-6-9(10)11(13)15-16-12/h8H,2-7H2,1H3,(H,14,16)/t8-/m1/s1. The van der Waals surface area contributed by atoms with Gasteiger partial charge in [0.25, 0.3) is 0 Å². The third-order valence-electron chi connectivity index (χ3n) is 3.60. The van der Waals surface area contributed by atoms with Crippen molar-refractivity contribution in [1.29, 1.82) is 0 Å². The van der Waals surface area contributed by atoms with E-state index < -0.39 is 0 Å². The number of nitrogens with one attached hydrogen (secondary N) is 1. The number of nitrogens with zero attached hydrogens (tertiary/aromatic N) is 3. The van der Waals surface area contributed by atoms with Crippen molar-refractivity contribution < 1.29 is 4.74 Å². The van der Waals surface area contributed by atoms with Crippen LogP contribution >= 0.6 is 11.6 Å². The predicted molar refractivity (Wildman–Crippen MR) is 69.7 cm³/mol. The Morgan fingerprint density at radius 3 is 3.00 bits per heavy atom. The van der Waals surface area contributed by atoms with Gasteiger partial charge in [0.1, 0.15) is 0 Å². The van der Waals surface area contributed by atoms with Gasteiger partial charge in [-0.25, -0.2) is 0 Å². The molecule has 0 saturated carbocycles. The summed E-state index contributed by atoms with van der Waals surface area (Å²) in [6, 6.07) is 0.434. The Bertz CT molecular complexity index is 454. The highest BCUT2D eigenvalue weighted by molar-refractivity contribution is 6.30. The maximum absolute atomic E-state index is 6.02. The van der Waals surface area contributed by atoms with Crippen LogP contribution in [0.15, 0.2) is 0 Å². The first-order valence-corrected chi connectivity index (χ1v) is 6.68. The van der Waals surface area contributed by atoms with Gasteiger partial charge in [0, 0.05) is 23.7 Å². The molecule has 5 nitrogen and oxygen atoms in total. The second kappa shape index (κ2) is 4.99. The van der Waals surface area contributed by atoms with E-state index in [2.05, 4.69) is 27.5 Å². The van der Waals surface area contributed by atoms with Gasteiger partial charge in [-0.3, -0.25) is 0 Å². The van der Waals surface area contributed by atoms with Gasteiger partial charge in [-0.1, -0.05) is 11.6 Å². The molecule has 0 aliphatic carbocycles. The number of hydrogen-bond donors (Lipinski definition) is 1. The normalized spacial score (nSPS) is 24.0. The van der Waals surface area contributed by atoms with Crippen molar-refractivity contribution in [2.45, 2.75) is 32.1 Å². The van der Waals surface area contributed by atoms with E-state index in [1.807, 2.05) is 0 Å². The summed E-state index contributed by atoms with van der Waals surface area (Å²) in [5.41, 5.74) is 2.06. The number of rotatable bonds is 2. The summed E-state index contributed by atoms with van der Waals surface area (Å²) >= 11 is 6.02. The molecule has 0 unspecified atom stereocenters. The second-order valence-electron chi connectivity index (χ2n) is 5.04. The monoisotopic (exact) mass is 268 g/mol. The van der Waals surface area contributed by atoms with Crippen LogP contribution < -0.4 is 5.32 Å². The first kappa shape index (κ1) is 12.1. The van der Waals surface area contributed by atoms with E-state index in [9.17, 15) is 0 Å². The molecule has 6 heteroatoms. The summed E-state index contributed by atoms with van der Waals surface area (Å²) < 4.78 is 5.43. The zero-order chi connectivity index (χ0) is 12.5. The largest absolute Gasteiger partial charge is 0.372 e. The van der Waals surface area contributed by atoms with Crippen LogP contribution in [0.5, 0.6) is 0 Å². The SMILES string of the molecule is CN1CCC[C@@H](Nc2nnc(Cl)c3c2COC3)C1. The summed E-state index contributed by atoms with van der Waals surface area (Å²) in [5, 5.41) is 12.1. The topological polar surface area (TPSA) is 50.3 Å². The number of likely N-dealkylation sites (N-methyl/N-ethyl adjacent to an activating group) is 1. The number of halogens is 1. The summed E-state index contributed by atoms with van der Waals surface area (Å²) in [6.45, 7) is 3.34. The summed E-state index contributed by atoms with van der Waals surface area (Å²) in [7, 11) is 2.15. The molecular weight excluding hydrogens is 252 g/mol. The molecule has 0 radical (unpaired) electrons. The first-order valence-electron chi connectivity index (χ1n) is 6.31. The van der Waals surface area contributed by atoms with E-state index in [1.165, 1.54) is 19.4 Å². The molecule has 0 aromatic carbocycles. The van der Waals surface area contributed by atoms with E-state index in [0.29, 0.717) is 24.4 Å². The lowest BCUT2D eigenvalue weighted by Gasteiger charge is -2.30. The summed E-state index contributed by atoms with van der Waals surface area (Å²) in [6.07, 6.45) is 2.39. The third kappa shape index (κ3) is 2.30. The zero-order valence-electron chi connectivity index (χ0n) is 10.4. The average molecular weight is 269 g/mol. The van der Waals surface area contributed by atoms with Crippen LogP contribution in [0.4, 0.5) is 5.82 Å². The molecule has 2 aliphatic heterocycles. The van der Waals surface area contributed by atoms with E-state index in [1.54, 1.807) is 0 Å². The molecule has 0 bridgehead atoms. The van der Waals surface area contributed by atoms with Crippen molar-refractivity contribution in [3.8, 4) is 0 Å². The van der Waals surface area contributed by atoms with Gasteiger partial charge in [-0.2, -0.15) is 0 Å². The van der Waals surface area contributed by atoms with Crippen LogP contribution in [-0.4, -0.2) is 41.3 Å². The van der Waals surface area contributed by atoms with E-state index >= 15 is 0 Å². The molecule has 1 aromatic rings. The van der Waals surface area contributed by atoms with E-state index in [4.69, 9.17) is 16.3 Å². The average Bonchev–Trinajstić information content (AvgIpc) is 2.83. The highest BCUT2D eigenvalue weighted by Gasteiger charge is 2.24. The molecular formula is C12H17ClN4O. The number of anilines is 1. The number of fused-ring (bicyclic) bond motifs is 1. The Hall–Kier alpha value is -0.910. The number of aromatic nitrogens is 2. The van der Waals surface area contributed by atoms with Crippen molar-refractivity contribution in [1.82, 2.24) is 15.1 Å². The van der Waals surface area contributed by atoms with Crippen molar-refractivity contribution in [2.75, 3.05) is 25.5 Å². The molecule has 0 amide bonds. The lowest BCUT2D eigenvalue weighted by atomic mass is 10.1. The van der Waals surface area contributed by atoms with Gasteiger partial charge in [-0.05, 0) is 26.4 Å². The van der Waals surface area contributed by atoms with Gasteiger partial charge in [-0.15, -0.1) is 10.2 Å². The number of hydrogen-bond acceptors (Lipinski definition) is 5. The van der Waals surface area contributed by atoms with Gasteiger partial charge in [0.2, 0.25) is 0 Å². The summed E-state index contributed by atoms with van der Waals surface area (Å²) in [5.74, 6) is 0.840. The Labute approximate surface area is 111 Å². The molecule has 2 aliphatic rings. The number of likely N-dealkylation sites (tertiary alicyclic amines) is 1. The highest BCUT2D eigenvalue weighted by atomic mass is 35.5. The van der Waals surface area contributed by atoms with E-state index in [-0.39, 0.29) is 0 Å². The fourth-order valence-electron chi connectivity index (χ4n) is 2.63. The lowest BCUT2D eigenvalue weighted by Crippen LogP contribution is -2.40. The van der Waals surface area contributed by atoms with Crippen molar-refractivity contribution in [3.63, 3.8) is 0 Å². The molecule has 3 heterocycles. The number of piperidine rings is 1. The smallest absolute Gasteiger partial charge is 0.157 e. The Balaban J connectivity index is 1.79. The Morgan fingerprint density at radius 1 is 1.33 bits per heavy atom. The maximum atomic E-state index is 6.02. The quantitative estimate of drug-likeness (QED) is 0.884. The van der Waals surface area contributed by atoms with Crippen molar-refractivity contribution in [3.05, 3.63) is 16.3 Å². The minimum absolute atomic E-state index is 0.434. The predicted octanol–water partition coefficient (Wildman–Crippen LogP) is 1.67. The molecule has 18 heavy (non-hydrogen) atoms. The minimum atomic E-state index is 0.434. The van der Waals surface area contributed by atoms with Crippen molar-refractivity contribution in [2.24, 2.45) is 0 Å². The molecule has 1 saturated heterocycles. The van der Waals surface area contributed by atoms with Gasteiger partial charge in [0.15, 0.2) is 11.0 Å². The molecule has 1 fully saturated rings. The van der Waals surface area contributed by atoms with Crippen LogP contribution in [0.2, 0.25) is 5.15 Å². The lowest BCUT2D eigenvalue weighted by molar-refractivity contribution is 0.134. The minimum Gasteiger partial charge on any atom is -0.372 e. The first-order chi connectivity index (χ1) is 8.74. The third-order valence-corrected chi connectivity index (χ3v) is 3.90. The Kier molecular flexibility index (Phi) is 3.37. The van der Waals surface area contributed by atoms with E-state index in [0.717, 1.165) is 23.5 Å². The maximum Gasteiger partial charge on any atom is 0.157 e. The summed E-state index contributed by atoms with van der Waals surface area (Å²) in [4.78, 5) is 2.33.